The van der Waals surface area contributed by atoms with Gasteiger partial charge in [0.15, 0.2) is 0 Å². The van der Waals surface area contributed by atoms with Crippen LogP contribution >= 0.6 is 0 Å². The number of nitrogens with two attached hydrogens (primary N) is 1. The minimum atomic E-state index is -0.131. The smallest absolute Gasteiger partial charge is 0.252 e. The van der Waals surface area contributed by atoms with Gasteiger partial charge in [0, 0.05) is 24.5 Å². The summed E-state index contributed by atoms with van der Waals surface area (Å²) in [5.74, 6) is 5.46. The number of aromatic nitrogens is 1. The van der Waals surface area contributed by atoms with Gasteiger partial charge in [-0.2, -0.15) is 0 Å². The molecule has 0 atom stereocenters. The number of carbonyl (C=O) groups is 1. The van der Waals surface area contributed by atoms with Crippen molar-refractivity contribution in [3.05, 3.63) is 29.6 Å². The van der Waals surface area contributed by atoms with Crippen molar-refractivity contribution in [2.24, 2.45) is 11.1 Å². The van der Waals surface area contributed by atoms with Crippen LogP contribution in [0.4, 0.5) is 0 Å². The Labute approximate surface area is 108 Å². The molecule has 1 heterocycles. The quantitative estimate of drug-likeness (QED) is 0.768. The van der Waals surface area contributed by atoms with Crippen LogP contribution in [0.5, 0.6) is 0 Å². The highest BCUT2D eigenvalue weighted by molar-refractivity contribution is 5.94. The monoisotopic (exact) mass is 245 g/mol. The van der Waals surface area contributed by atoms with Crippen LogP contribution in [0, 0.1) is 17.3 Å². The van der Waals surface area contributed by atoms with Crippen LogP contribution in [0.3, 0.4) is 0 Å². The Morgan fingerprint density at radius 2 is 2.17 bits per heavy atom. The molecule has 96 valence electrons. The normalized spacial score (nSPS) is 10.4. The van der Waals surface area contributed by atoms with Crippen molar-refractivity contribution in [1.82, 2.24) is 10.3 Å². The molecule has 18 heavy (non-hydrogen) atoms. The van der Waals surface area contributed by atoms with Crippen LogP contribution in [0.25, 0.3) is 0 Å². The summed E-state index contributed by atoms with van der Waals surface area (Å²) < 4.78 is 0. The Kier molecular flexibility index (Phi) is 4.87. The van der Waals surface area contributed by atoms with Gasteiger partial charge in [0.1, 0.15) is 0 Å². The molecule has 0 saturated heterocycles. The molecule has 4 nitrogen and oxygen atoms in total. The largest absolute Gasteiger partial charge is 0.351 e. The Bertz CT molecular complexity index is 478. The van der Waals surface area contributed by atoms with Gasteiger partial charge in [-0.05, 0) is 11.5 Å². The van der Waals surface area contributed by atoms with E-state index in [1.807, 2.05) is 0 Å². The molecule has 3 N–H and O–H groups in total. The summed E-state index contributed by atoms with van der Waals surface area (Å²) in [6, 6.07) is 1.72. The van der Waals surface area contributed by atoms with Crippen molar-refractivity contribution in [3.63, 3.8) is 0 Å². The number of nitrogens with one attached hydrogen (secondary N) is 1. The van der Waals surface area contributed by atoms with E-state index in [-0.39, 0.29) is 11.3 Å². The minimum Gasteiger partial charge on any atom is -0.351 e. The van der Waals surface area contributed by atoms with E-state index in [0.717, 1.165) is 0 Å². The molecule has 0 fully saturated rings. The molecule has 0 bridgehead atoms. The first-order chi connectivity index (χ1) is 8.42. The Balaban J connectivity index is 2.74. The topological polar surface area (TPSA) is 68.0 Å². The lowest BCUT2D eigenvalue weighted by molar-refractivity contribution is 0.0939. The van der Waals surface area contributed by atoms with Gasteiger partial charge in [-0.15, -0.1) is 0 Å². The molecule has 4 heteroatoms. The van der Waals surface area contributed by atoms with E-state index in [0.29, 0.717) is 24.2 Å². The molecular formula is C14H19N3O. The Hall–Kier alpha value is -1.86. The number of hydrogen-bond donors (Lipinski definition) is 2. The molecule has 1 aromatic heterocycles. The minimum absolute atomic E-state index is 0.0556. The van der Waals surface area contributed by atoms with Gasteiger partial charge in [0.25, 0.3) is 5.91 Å². The number of amides is 1. The van der Waals surface area contributed by atoms with E-state index in [4.69, 9.17) is 5.73 Å². The van der Waals surface area contributed by atoms with Gasteiger partial charge in [-0.3, -0.25) is 9.78 Å². The molecule has 0 saturated carbocycles. The summed E-state index contributed by atoms with van der Waals surface area (Å²) in [7, 11) is 0. The number of nitrogens with zero attached hydrogens (tertiary/aromatic N) is 1. The Morgan fingerprint density at radius 3 is 2.78 bits per heavy atom. The average Bonchev–Trinajstić information content (AvgIpc) is 2.33. The fourth-order valence-corrected chi connectivity index (χ4v) is 1.23. The van der Waals surface area contributed by atoms with Crippen molar-refractivity contribution < 1.29 is 4.79 Å². The van der Waals surface area contributed by atoms with E-state index < -0.39 is 0 Å². The molecular weight excluding hydrogens is 226 g/mol. The van der Waals surface area contributed by atoms with Gasteiger partial charge in [0.05, 0.1) is 12.1 Å². The van der Waals surface area contributed by atoms with Crippen LogP contribution in [-0.4, -0.2) is 24.0 Å². The van der Waals surface area contributed by atoms with Crippen LogP contribution < -0.4 is 11.1 Å². The highest BCUT2D eigenvalue weighted by Crippen LogP contribution is 2.11. The molecule has 1 rings (SSSR count). The first-order valence-corrected chi connectivity index (χ1v) is 5.84. The van der Waals surface area contributed by atoms with Gasteiger partial charge in [-0.1, -0.05) is 32.6 Å². The lowest BCUT2D eigenvalue weighted by Crippen LogP contribution is -2.32. The lowest BCUT2D eigenvalue weighted by Gasteiger charge is -2.18. The summed E-state index contributed by atoms with van der Waals surface area (Å²) in [6.45, 7) is 7.10. The van der Waals surface area contributed by atoms with Crippen molar-refractivity contribution in [2.75, 3.05) is 13.1 Å². The highest BCUT2D eigenvalue weighted by Gasteiger charge is 2.13. The van der Waals surface area contributed by atoms with Crippen molar-refractivity contribution >= 4 is 5.91 Å². The van der Waals surface area contributed by atoms with Crippen molar-refractivity contribution in [1.29, 1.82) is 0 Å². The van der Waals surface area contributed by atoms with Crippen LogP contribution in [0.1, 0.15) is 36.7 Å². The van der Waals surface area contributed by atoms with Crippen LogP contribution in [-0.2, 0) is 0 Å². The molecule has 0 aromatic carbocycles. The number of rotatable bonds is 2. The standard InChI is InChI=1S/C14H19N3O/c1-14(2,3)10-17-13(18)12-7-11(5-4-6-15)8-16-9-12/h7-9H,6,10,15H2,1-3H3,(H,17,18). The predicted molar refractivity (Wildman–Crippen MR) is 72.0 cm³/mol. The van der Waals surface area contributed by atoms with E-state index in [9.17, 15) is 4.79 Å². The Morgan fingerprint density at radius 1 is 1.44 bits per heavy atom. The SMILES string of the molecule is CC(C)(C)CNC(=O)c1cncc(C#CCN)c1. The second-order valence-corrected chi connectivity index (χ2v) is 5.21. The van der Waals surface area contributed by atoms with E-state index in [1.165, 1.54) is 6.20 Å². The zero-order chi connectivity index (χ0) is 13.6. The fourth-order valence-electron chi connectivity index (χ4n) is 1.23. The van der Waals surface area contributed by atoms with Crippen molar-refractivity contribution in [3.8, 4) is 11.8 Å². The molecule has 0 radical (unpaired) electrons. The summed E-state index contributed by atoms with van der Waals surface area (Å²) in [5.41, 5.74) is 6.57. The zero-order valence-corrected chi connectivity index (χ0v) is 11.1. The third kappa shape index (κ3) is 4.98. The summed E-state index contributed by atoms with van der Waals surface area (Å²) >= 11 is 0. The van der Waals surface area contributed by atoms with Gasteiger partial charge in [0.2, 0.25) is 0 Å². The van der Waals surface area contributed by atoms with E-state index in [2.05, 4.69) is 42.9 Å². The third-order valence-corrected chi connectivity index (χ3v) is 2.11. The maximum absolute atomic E-state index is 11.9. The molecule has 0 aliphatic rings. The molecule has 0 aliphatic heterocycles. The fraction of sp³-hybridized carbons (Fsp3) is 0.429. The van der Waals surface area contributed by atoms with Gasteiger partial charge in [-0.25, -0.2) is 0 Å². The number of pyridine rings is 1. The predicted octanol–water partition coefficient (Wildman–Crippen LogP) is 1.17. The van der Waals surface area contributed by atoms with E-state index >= 15 is 0 Å². The summed E-state index contributed by atoms with van der Waals surface area (Å²) in [6.07, 6.45) is 3.15. The maximum atomic E-state index is 11.9. The molecule has 0 unspecified atom stereocenters. The van der Waals surface area contributed by atoms with Gasteiger partial charge >= 0.3 is 0 Å². The zero-order valence-electron chi connectivity index (χ0n) is 11.1. The first-order valence-electron chi connectivity index (χ1n) is 5.84. The highest BCUT2D eigenvalue weighted by atomic mass is 16.1. The van der Waals surface area contributed by atoms with Crippen LogP contribution in [0.15, 0.2) is 18.5 Å². The van der Waals surface area contributed by atoms with E-state index in [1.54, 1.807) is 12.3 Å². The lowest BCUT2D eigenvalue weighted by atomic mass is 9.97. The van der Waals surface area contributed by atoms with Crippen LogP contribution in [0.2, 0.25) is 0 Å². The number of hydrogen-bond acceptors (Lipinski definition) is 3. The molecule has 1 amide bonds. The molecule has 0 aliphatic carbocycles. The first kappa shape index (κ1) is 14.2. The molecule has 1 aromatic rings. The summed E-state index contributed by atoms with van der Waals surface area (Å²) in [4.78, 5) is 15.9. The number of carbonyl (C=O) groups excluding carboxylic acids is 1. The van der Waals surface area contributed by atoms with Gasteiger partial charge < -0.3 is 11.1 Å². The maximum Gasteiger partial charge on any atom is 0.252 e. The second-order valence-electron chi connectivity index (χ2n) is 5.21. The second kappa shape index (κ2) is 6.18. The third-order valence-electron chi connectivity index (χ3n) is 2.11. The average molecular weight is 245 g/mol. The summed E-state index contributed by atoms with van der Waals surface area (Å²) in [5, 5.41) is 2.87. The molecule has 0 spiro atoms. The van der Waals surface area contributed by atoms with Crippen molar-refractivity contribution in [2.45, 2.75) is 20.8 Å².